The van der Waals surface area contributed by atoms with E-state index < -0.39 is 13.3 Å². The van der Waals surface area contributed by atoms with Crippen LogP contribution in [0.4, 0.5) is 0 Å². The van der Waals surface area contributed by atoms with E-state index in [0.717, 1.165) is 10.9 Å². The molecule has 0 saturated heterocycles. The number of hydrogen-bond donors (Lipinski definition) is 0. The third-order valence-corrected chi connectivity index (χ3v) is 6.63. The lowest BCUT2D eigenvalue weighted by molar-refractivity contribution is -0.144. The Bertz CT molecular complexity index is 688. The standard InChI is InChI=1S/C18H22NO3P/c1-15(18(20)22-2)19(14-16-10-6-4-7-11-16)23(3,21)17-12-8-5-9-13-17/h4-13,15H,14H2,1-3H3/t15-,23-/m1/s1. The predicted octanol–water partition coefficient (Wildman–Crippen LogP) is 3.28. The SMILES string of the molecule is COC(=O)[C@@H](C)N(Cc1ccccc1)[P@](C)(=O)c1ccccc1. The van der Waals surface area contributed by atoms with E-state index in [1.807, 2.05) is 60.7 Å². The number of esters is 1. The van der Waals surface area contributed by atoms with Gasteiger partial charge in [-0.2, -0.15) is 0 Å². The second-order valence-electron chi connectivity index (χ2n) is 5.50. The van der Waals surface area contributed by atoms with Gasteiger partial charge in [0, 0.05) is 18.5 Å². The first-order chi connectivity index (χ1) is 11.0. The third-order valence-electron chi connectivity index (χ3n) is 3.90. The highest BCUT2D eigenvalue weighted by atomic mass is 31.2. The molecule has 0 heterocycles. The summed E-state index contributed by atoms with van der Waals surface area (Å²) in [6, 6.07) is 18.4. The second kappa shape index (κ2) is 7.58. The van der Waals surface area contributed by atoms with Gasteiger partial charge in [-0.25, -0.2) is 4.67 Å². The van der Waals surface area contributed by atoms with Crippen molar-refractivity contribution in [2.45, 2.75) is 19.5 Å². The fourth-order valence-corrected chi connectivity index (χ4v) is 4.73. The maximum atomic E-state index is 13.5. The maximum absolute atomic E-state index is 13.5. The van der Waals surface area contributed by atoms with E-state index in [-0.39, 0.29) is 5.97 Å². The summed E-state index contributed by atoms with van der Waals surface area (Å²) in [6.07, 6.45) is 0. The zero-order valence-electron chi connectivity index (χ0n) is 13.7. The molecule has 0 aliphatic carbocycles. The lowest BCUT2D eigenvalue weighted by Gasteiger charge is -2.33. The summed E-state index contributed by atoms with van der Waals surface area (Å²) in [5.41, 5.74) is 1.00. The molecule has 0 saturated carbocycles. The monoisotopic (exact) mass is 331 g/mol. The van der Waals surface area contributed by atoms with Crippen LogP contribution in [0.25, 0.3) is 0 Å². The van der Waals surface area contributed by atoms with Gasteiger partial charge in [-0.15, -0.1) is 0 Å². The first kappa shape index (κ1) is 17.5. The molecule has 122 valence electrons. The van der Waals surface area contributed by atoms with Crippen molar-refractivity contribution in [3.63, 3.8) is 0 Å². The summed E-state index contributed by atoms with van der Waals surface area (Å²) in [5, 5.41) is 0.728. The van der Waals surface area contributed by atoms with E-state index in [9.17, 15) is 9.36 Å². The first-order valence-corrected chi connectivity index (χ1v) is 9.59. The summed E-state index contributed by atoms with van der Waals surface area (Å²) >= 11 is 0. The van der Waals surface area contributed by atoms with Crippen molar-refractivity contribution < 1.29 is 14.1 Å². The summed E-state index contributed by atoms with van der Waals surface area (Å²) in [4.78, 5) is 12.0. The lowest BCUT2D eigenvalue weighted by atomic mass is 10.2. The highest BCUT2D eigenvalue weighted by Gasteiger charge is 2.35. The number of hydrogen-bond acceptors (Lipinski definition) is 3. The van der Waals surface area contributed by atoms with Gasteiger partial charge in [0.05, 0.1) is 7.11 Å². The van der Waals surface area contributed by atoms with E-state index in [0.29, 0.717) is 6.54 Å². The molecular formula is C18H22NO3P. The van der Waals surface area contributed by atoms with Crippen LogP contribution in [0.15, 0.2) is 60.7 Å². The van der Waals surface area contributed by atoms with E-state index in [4.69, 9.17) is 4.74 Å². The molecule has 0 fully saturated rings. The van der Waals surface area contributed by atoms with E-state index in [2.05, 4.69) is 0 Å². The molecule has 0 spiro atoms. The zero-order valence-corrected chi connectivity index (χ0v) is 14.6. The Morgan fingerprint density at radius 2 is 1.61 bits per heavy atom. The number of carbonyl (C=O) groups is 1. The van der Waals surface area contributed by atoms with Gasteiger partial charge in [0.25, 0.3) is 0 Å². The molecule has 0 N–H and O–H groups in total. The predicted molar refractivity (Wildman–Crippen MR) is 93.1 cm³/mol. The van der Waals surface area contributed by atoms with Gasteiger partial charge in [0.1, 0.15) is 6.04 Å². The van der Waals surface area contributed by atoms with Crippen LogP contribution in [0.5, 0.6) is 0 Å². The van der Waals surface area contributed by atoms with E-state index in [1.54, 1.807) is 18.3 Å². The summed E-state index contributed by atoms with van der Waals surface area (Å²) < 4.78 is 20.1. The topological polar surface area (TPSA) is 46.6 Å². The normalized spacial score (nSPS) is 15.0. The fraction of sp³-hybridized carbons (Fsp3) is 0.278. The molecule has 4 nitrogen and oxygen atoms in total. The average Bonchev–Trinajstić information content (AvgIpc) is 2.60. The van der Waals surface area contributed by atoms with Gasteiger partial charge < -0.3 is 9.30 Å². The number of nitrogens with zero attached hydrogens (tertiary/aromatic N) is 1. The Morgan fingerprint density at radius 1 is 1.09 bits per heavy atom. The maximum Gasteiger partial charge on any atom is 0.323 e. The van der Waals surface area contributed by atoms with Crippen molar-refractivity contribution >= 4 is 18.6 Å². The molecule has 2 rings (SSSR count). The van der Waals surface area contributed by atoms with Gasteiger partial charge >= 0.3 is 5.97 Å². The van der Waals surface area contributed by atoms with Gasteiger partial charge in [0.2, 0.25) is 0 Å². The third kappa shape index (κ3) is 4.10. The molecule has 0 radical (unpaired) electrons. The highest BCUT2D eigenvalue weighted by Crippen LogP contribution is 2.47. The van der Waals surface area contributed by atoms with Crippen LogP contribution < -0.4 is 5.30 Å². The molecule has 0 amide bonds. The number of rotatable bonds is 6. The van der Waals surface area contributed by atoms with Crippen molar-refractivity contribution in [3.05, 3.63) is 66.2 Å². The highest BCUT2D eigenvalue weighted by molar-refractivity contribution is 7.68. The molecule has 5 heteroatoms. The van der Waals surface area contributed by atoms with Crippen LogP contribution in [0, 0.1) is 0 Å². The van der Waals surface area contributed by atoms with E-state index >= 15 is 0 Å². The van der Waals surface area contributed by atoms with Crippen LogP contribution in [0.3, 0.4) is 0 Å². The Kier molecular flexibility index (Phi) is 5.75. The molecule has 23 heavy (non-hydrogen) atoms. The molecule has 0 unspecified atom stereocenters. The quantitative estimate of drug-likeness (QED) is 0.602. The molecule has 2 aromatic carbocycles. The number of benzene rings is 2. The van der Waals surface area contributed by atoms with Crippen LogP contribution in [-0.4, -0.2) is 30.5 Å². The molecular weight excluding hydrogens is 309 g/mol. The minimum Gasteiger partial charge on any atom is -0.468 e. The summed E-state index contributed by atoms with van der Waals surface area (Å²) in [5.74, 6) is -0.390. The van der Waals surface area contributed by atoms with Crippen LogP contribution in [0.1, 0.15) is 12.5 Å². The molecule has 0 aliphatic heterocycles. The Hall–Kier alpha value is -1.90. The first-order valence-electron chi connectivity index (χ1n) is 7.49. The average molecular weight is 331 g/mol. The summed E-state index contributed by atoms with van der Waals surface area (Å²) in [6.45, 7) is 3.85. The number of carbonyl (C=O) groups excluding carboxylic acids is 1. The lowest BCUT2D eigenvalue weighted by Crippen LogP contribution is -2.39. The van der Waals surface area contributed by atoms with Crippen LogP contribution in [-0.2, 0) is 20.6 Å². The summed E-state index contributed by atoms with van der Waals surface area (Å²) in [7, 11) is -1.56. The zero-order chi connectivity index (χ0) is 16.9. The van der Waals surface area contributed by atoms with Crippen LogP contribution in [0.2, 0.25) is 0 Å². The largest absolute Gasteiger partial charge is 0.468 e. The molecule has 0 aromatic heterocycles. The number of methoxy groups -OCH3 is 1. The molecule has 2 aromatic rings. The van der Waals surface area contributed by atoms with Gasteiger partial charge in [-0.3, -0.25) is 4.79 Å². The van der Waals surface area contributed by atoms with Crippen LogP contribution >= 0.6 is 7.29 Å². The number of ether oxygens (including phenoxy) is 1. The van der Waals surface area contributed by atoms with Crippen molar-refractivity contribution in [2.24, 2.45) is 0 Å². The van der Waals surface area contributed by atoms with Gasteiger partial charge in [-0.1, -0.05) is 60.7 Å². The van der Waals surface area contributed by atoms with Crippen molar-refractivity contribution in [2.75, 3.05) is 13.8 Å². The molecule has 0 bridgehead atoms. The minimum atomic E-state index is -2.91. The second-order valence-corrected chi connectivity index (χ2v) is 8.29. The minimum absolute atomic E-state index is 0.390. The smallest absolute Gasteiger partial charge is 0.323 e. The van der Waals surface area contributed by atoms with E-state index in [1.165, 1.54) is 7.11 Å². The Labute approximate surface area is 137 Å². The van der Waals surface area contributed by atoms with Gasteiger partial charge in [-0.05, 0) is 12.5 Å². The Balaban J connectivity index is 2.40. The molecule has 2 atom stereocenters. The van der Waals surface area contributed by atoms with Gasteiger partial charge in [0.15, 0.2) is 7.29 Å². The van der Waals surface area contributed by atoms with Crippen molar-refractivity contribution in [1.29, 1.82) is 0 Å². The van der Waals surface area contributed by atoms with Crippen molar-refractivity contribution in [1.82, 2.24) is 4.67 Å². The van der Waals surface area contributed by atoms with Crippen molar-refractivity contribution in [3.8, 4) is 0 Å². The Morgan fingerprint density at radius 3 is 2.13 bits per heavy atom. The molecule has 0 aliphatic rings. The fourth-order valence-electron chi connectivity index (χ4n) is 2.52.